The van der Waals surface area contributed by atoms with E-state index in [2.05, 4.69) is 16.0 Å². The van der Waals surface area contributed by atoms with E-state index in [1.54, 1.807) is 32.6 Å². The number of benzene rings is 1. The monoisotopic (exact) mass is 1440 g/mol. The molecular formula is C73H112ClF3N12O12. The molecule has 6 fully saturated rings. The van der Waals surface area contributed by atoms with Crippen LogP contribution in [0, 0.1) is 23.7 Å². The van der Waals surface area contributed by atoms with E-state index in [0.29, 0.717) is 57.2 Å². The number of piperidine rings is 1. The fraction of sp³-hybridized carbons (Fsp3) is 0.753. The average molecular weight is 1440 g/mol. The molecule has 0 unspecified atom stereocenters. The Labute approximate surface area is 599 Å². The van der Waals surface area contributed by atoms with E-state index in [-0.39, 0.29) is 82.8 Å². The van der Waals surface area contributed by atoms with Gasteiger partial charge in [0.15, 0.2) is 0 Å². The van der Waals surface area contributed by atoms with Crippen molar-refractivity contribution in [1.29, 1.82) is 0 Å². The maximum absolute atomic E-state index is 15.5. The largest absolute Gasteiger partial charge is 0.417 e. The van der Waals surface area contributed by atoms with E-state index in [0.717, 1.165) is 50.7 Å². The molecule has 0 bridgehead atoms. The molecule has 1 aromatic rings. The summed E-state index contributed by atoms with van der Waals surface area (Å²) in [4.78, 5) is 193. The summed E-state index contributed by atoms with van der Waals surface area (Å²) in [6, 6.07) is -7.82. The summed E-state index contributed by atoms with van der Waals surface area (Å²) in [7, 11) is 7.15. The molecule has 101 heavy (non-hydrogen) atoms. The lowest BCUT2D eigenvalue weighted by atomic mass is 9.84. The summed E-state index contributed by atoms with van der Waals surface area (Å²) in [5.41, 5.74) is -2.35. The number of likely N-dealkylation sites (N-methyl/N-ethyl adjacent to an activating group) is 6. The molecule has 10 atom stereocenters. The van der Waals surface area contributed by atoms with Crippen molar-refractivity contribution in [3.8, 4) is 0 Å². The molecule has 6 aliphatic rings. The molecule has 0 radical (unpaired) electrons. The number of hydrogen-bond donors (Lipinski definition) is 3. The van der Waals surface area contributed by atoms with Crippen LogP contribution in [0.3, 0.4) is 0 Å². The number of rotatable bonds is 12. The zero-order valence-electron chi connectivity index (χ0n) is 61.8. The number of amides is 12. The molecule has 28 heteroatoms. The van der Waals surface area contributed by atoms with Crippen molar-refractivity contribution < 1.29 is 70.7 Å². The van der Waals surface area contributed by atoms with Gasteiger partial charge in [-0.1, -0.05) is 111 Å². The number of halogens is 4. The summed E-state index contributed by atoms with van der Waals surface area (Å²) in [5.74, 6) is -8.81. The number of carbonyl (C=O) groups is 12. The van der Waals surface area contributed by atoms with Gasteiger partial charge < -0.3 is 60.0 Å². The second-order valence-electron chi connectivity index (χ2n) is 30.2. The fourth-order valence-corrected chi connectivity index (χ4v) is 16.1. The van der Waals surface area contributed by atoms with Crippen LogP contribution in [0.1, 0.15) is 195 Å². The van der Waals surface area contributed by atoms with Crippen molar-refractivity contribution in [3.63, 3.8) is 0 Å². The second kappa shape index (κ2) is 35.4. The molecule has 7 rings (SSSR count). The number of nitrogens with one attached hydrogen (secondary N) is 3. The van der Waals surface area contributed by atoms with Crippen LogP contribution in [-0.2, 0) is 70.1 Å². The van der Waals surface area contributed by atoms with Crippen molar-refractivity contribution in [1.82, 2.24) is 60.0 Å². The normalized spacial score (nSPS) is 27.7. The summed E-state index contributed by atoms with van der Waals surface area (Å²) >= 11 is 6.17. The zero-order chi connectivity index (χ0) is 74.7. The Bertz CT molecular complexity index is 3170. The number of carbonyl (C=O) groups excluding carboxylic acids is 12. The third kappa shape index (κ3) is 19.2. The second-order valence-corrected chi connectivity index (χ2v) is 30.6. The van der Waals surface area contributed by atoms with E-state index in [1.807, 2.05) is 20.8 Å². The highest BCUT2D eigenvalue weighted by Crippen LogP contribution is 2.38. The highest BCUT2D eigenvalue weighted by molar-refractivity contribution is 6.31. The van der Waals surface area contributed by atoms with E-state index < -0.39 is 172 Å². The minimum atomic E-state index is -4.76. The smallest absolute Gasteiger partial charge is 0.343 e. The predicted octanol–water partition coefficient (Wildman–Crippen LogP) is 6.42. The van der Waals surface area contributed by atoms with Crippen LogP contribution in [0.4, 0.5) is 13.2 Å². The number of aryl methyl sites for hydroxylation is 1. The average Bonchev–Trinajstić information content (AvgIpc) is 1.77. The van der Waals surface area contributed by atoms with E-state index >= 15 is 33.6 Å². The van der Waals surface area contributed by atoms with Gasteiger partial charge in [0.2, 0.25) is 70.9 Å². The molecule has 4 saturated heterocycles. The third-order valence-electron chi connectivity index (χ3n) is 22.4. The van der Waals surface area contributed by atoms with Crippen LogP contribution in [0.25, 0.3) is 0 Å². The molecule has 2 aliphatic carbocycles. The van der Waals surface area contributed by atoms with E-state index in [1.165, 1.54) is 87.4 Å². The molecule has 2 saturated carbocycles. The Balaban J connectivity index is 1.30. The van der Waals surface area contributed by atoms with Crippen molar-refractivity contribution in [2.24, 2.45) is 23.7 Å². The third-order valence-corrected chi connectivity index (χ3v) is 22.7. The Kier molecular flexibility index (Phi) is 28.5. The van der Waals surface area contributed by atoms with Gasteiger partial charge in [0.05, 0.1) is 23.6 Å². The van der Waals surface area contributed by atoms with Crippen molar-refractivity contribution in [3.05, 3.63) is 34.3 Å². The van der Waals surface area contributed by atoms with Crippen LogP contribution in [-0.4, -0.2) is 249 Å². The zero-order valence-corrected chi connectivity index (χ0v) is 62.5. The highest BCUT2D eigenvalue weighted by Gasteiger charge is 2.52. The summed E-state index contributed by atoms with van der Waals surface area (Å²) in [5, 5.41) is 8.19. The van der Waals surface area contributed by atoms with Crippen LogP contribution in [0.15, 0.2) is 18.2 Å². The lowest BCUT2D eigenvalue weighted by Gasteiger charge is -2.46. The van der Waals surface area contributed by atoms with Gasteiger partial charge in [-0.3, -0.25) is 57.5 Å². The fourth-order valence-electron chi connectivity index (χ4n) is 15.8. The maximum atomic E-state index is 15.5. The molecule has 3 N–H and O–H groups in total. The molecule has 0 aromatic heterocycles. The predicted molar refractivity (Wildman–Crippen MR) is 374 cm³/mol. The van der Waals surface area contributed by atoms with Crippen LogP contribution >= 0.6 is 11.6 Å². The van der Waals surface area contributed by atoms with Crippen molar-refractivity contribution in [2.75, 3.05) is 74.5 Å². The number of fused-ring (bicyclic) bond motifs is 2. The van der Waals surface area contributed by atoms with Gasteiger partial charge in [-0.05, 0) is 132 Å². The number of hydrogen-bond acceptors (Lipinski definition) is 12. The Morgan fingerprint density at radius 1 is 0.653 bits per heavy atom. The Morgan fingerprint density at radius 2 is 1.29 bits per heavy atom. The van der Waals surface area contributed by atoms with Crippen LogP contribution in [0.2, 0.25) is 5.02 Å². The summed E-state index contributed by atoms with van der Waals surface area (Å²) in [6.07, 6.45) is 3.80. The van der Waals surface area contributed by atoms with Gasteiger partial charge in [0.25, 0.3) is 0 Å². The first-order valence-corrected chi connectivity index (χ1v) is 37.3. The lowest BCUT2D eigenvalue weighted by Crippen LogP contribution is -2.65. The number of alkyl halides is 3. The van der Waals surface area contributed by atoms with E-state index in [9.17, 15) is 37.1 Å². The standard InChI is InChI=1S/C73H112ClF3N12O12/c1-14-46(7)60-69(99)82(10)47(8)64(94)89-38-32-54(89)68(98)87(15-2)57(41-48-25-18-16-19-26-48)66(96)81(9)43-58(90)78-52(31-29-49-28-30-50(51(74)40-49)73(75,76)77)65(95)88-37-24-27-53(88)63(93)80-72(33-20-21-34-72)71(101)85(13)61(45(5)6)70(100)84(12)56(67(97)86-35-22-17-23-36-86)42-59(91)83(11)55(39-44(3)4)62(92)79-60/h28,30,40,44-48,52-57,60-61H,14-27,29,31-39,41-43H2,1-13H3,(H,78,90)(H,79,92)(H,80,93)/t46-,47-,52-,53-,54-,55-,56-,57-,60-,61-/m0/s1. The van der Waals surface area contributed by atoms with Gasteiger partial charge in [-0.25, -0.2) is 0 Å². The molecule has 1 spiro atoms. The molecule has 12 amide bonds. The van der Waals surface area contributed by atoms with Gasteiger partial charge in [-0.15, -0.1) is 0 Å². The van der Waals surface area contributed by atoms with Gasteiger partial charge in [0, 0.05) is 68.0 Å². The molecular weight excluding hydrogens is 1330 g/mol. The molecule has 4 aliphatic heterocycles. The van der Waals surface area contributed by atoms with Crippen molar-refractivity contribution in [2.45, 2.75) is 256 Å². The Hall–Kier alpha value is -7.06. The quantitative estimate of drug-likeness (QED) is 0.205. The molecule has 4 heterocycles. The first-order chi connectivity index (χ1) is 47.6. The van der Waals surface area contributed by atoms with E-state index in [4.69, 9.17) is 11.6 Å². The number of nitrogens with zero attached hydrogens (tertiary/aromatic N) is 9. The molecule has 24 nitrogen and oxygen atoms in total. The van der Waals surface area contributed by atoms with Crippen LogP contribution in [0.5, 0.6) is 0 Å². The highest BCUT2D eigenvalue weighted by atomic mass is 35.5. The molecule has 1 aromatic carbocycles. The van der Waals surface area contributed by atoms with Crippen LogP contribution < -0.4 is 16.0 Å². The lowest BCUT2D eigenvalue weighted by molar-refractivity contribution is -0.161. The minimum Gasteiger partial charge on any atom is -0.343 e. The number of likely N-dealkylation sites (tertiary alicyclic amines) is 1. The first-order valence-electron chi connectivity index (χ1n) is 36.9. The van der Waals surface area contributed by atoms with Crippen molar-refractivity contribution >= 4 is 82.5 Å². The van der Waals surface area contributed by atoms with Gasteiger partial charge in [0.1, 0.15) is 59.9 Å². The first kappa shape index (κ1) is 81.2. The minimum absolute atomic E-state index is 0.0244. The SMILES string of the molecule is CC[C@H](C)[C@@H]1NC(=O)[C@H](CC(C)C)N(C)C(=O)C[C@@H](C(=O)N2CCCCC2)N(C)C(=O)[C@H](C(C)C)N(C)C(=O)C2(CCCC2)NC(=O)[C@@H]2CCCN2C(=O)[C@H](CCc2ccc(C(F)(F)F)c(Cl)c2)NC(=O)CN(C)C(=O)[C@H](CC2CCCCC2)N(CC)C(=O)[C@@H]2CCN2C(=O)[C@H](C)N(C)C1=O. The summed E-state index contributed by atoms with van der Waals surface area (Å²) in [6.45, 7) is 14.4. The summed E-state index contributed by atoms with van der Waals surface area (Å²) < 4.78 is 41.7. The molecule has 564 valence electrons. The van der Waals surface area contributed by atoms with Gasteiger partial charge in [-0.2, -0.15) is 13.2 Å². The maximum Gasteiger partial charge on any atom is 0.417 e. The van der Waals surface area contributed by atoms with Gasteiger partial charge >= 0.3 is 6.18 Å². The Morgan fingerprint density at radius 3 is 1.86 bits per heavy atom. The topological polar surface area (TPSA) is 270 Å².